The zero-order valence-corrected chi connectivity index (χ0v) is 27.7. The van der Waals surface area contributed by atoms with Gasteiger partial charge in [0.2, 0.25) is 0 Å². The van der Waals surface area contributed by atoms with E-state index >= 15 is 4.39 Å². The van der Waals surface area contributed by atoms with Crippen LogP contribution < -0.4 is 24.4 Å². The predicted octanol–water partition coefficient (Wildman–Crippen LogP) is 7.66. The van der Waals surface area contributed by atoms with Crippen LogP contribution in [0.5, 0.6) is 17.2 Å². The minimum Gasteiger partial charge on any atom is -0.497 e. The van der Waals surface area contributed by atoms with Crippen LogP contribution in [0, 0.1) is 26.6 Å². The summed E-state index contributed by atoms with van der Waals surface area (Å²) in [6, 6.07) is 17.5. The first-order valence-electron chi connectivity index (χ1n) is 16.2. The van der Waals surface area contributed by atoms with Gasteiger partial charge in [0.25, 0.3) is 0 Å². The molecule has 1 fully saturated rings. The Kier molecular flexibility index (Phi) is 11.6. The summed E-state index contributed by atoms with van der Waals surface area (Å²) < 4.78 is 32.5. The summed E-state index contributed by atoms with van der Waals surface area (Å²) in [5, 5.41) is 3.42. The van der Waals surface area contributed by atoms with Crippen molar-refractivity contribution >= 4 is 17.6 Å². The summed E-state index contributed by atoms with van der Waals surface area (Å²) >= 11 is 0. The number of aromatic nitrogens is 2. The van der Waals surface area contributed by atoms with Crippen molar-refractivity contribution in [1.82, 2.24) is 14.9 Å². The molecule has 3 aromatic carbocycles. The number of likely N-dealkylation sites (tertiary alicyclic amines) is 1. The molecule has 4 aromatic rings. The van der Waals surface area contributed by atoms with Crippen LogP contribution in [0.1, 0.15) is 54.0 Å². The van der Waals surface area contributed by atoms with Gasteiger partial charge in [-0.3, -0.25) is 4.90 Å². The van der Waals surface area contributed by atoms with Gasteiger partial charge >= 0.3 is 6.09 Å². The van der Waals surface area contributed by atoms with E-state index in [0.29, 0.717) is 29.6 Å². The molecule has 0 bridgehead atoms. The topological polar surface area (TPSA) is 89.0 Å². The third-order valence-electron chi connectivity index (χ3n) is 8.34. The van der Waals surface area contributed by atoms with Crippen molar-refractivity contribution in [1.29, 1.82) is 0 Å². The molecule has 248 valence electrons. The summed E-state index contributed by atoms with van der Waals surface area (Å²) in [5.74, 6) is 1.32. The second kappa shape index (κ2) is 16.2. The van der Waals surface area contributed by atoms with Gasteiger partial charge < -0.3 is 24.4 Å². The number of nitrogens with one attached hydrogen (secondary N) is 1. The van der Waals surface area contributed by atoms with E-state index in [9.17, 15) is 4.79 Å². The lowest BCUT2D eigenvalue weighted by atomic mass is 10.1. The number of hydrogen-bond acceptors (Lipinski definition) is 8. The van der Waals surface area contributed by atoms with Crippen LogP contribution in [0.15, 0.2) is 73.2 Å². The van der Waals surface area contributed by atoms with Crippen LogP contribution in [-0.4, -0.2) is 60.9 Å². The Bertz CT molecular complexity index is 1590. The van der Waals surface area contributed by atoms with Gasteiger partial charge in [-0.15, -0.1) is 0 Å². The van der Waals surface area contributed by atoms with E-state index < -0.39 is 18.0 Å². The van der Waals surface area contributed by atoms with Crippen molar-refractivity contribution in [2.75, 3.05) is 50.1 Å². The van der Waals surface area contributed by atoms with Crippen LogP contribution in [-0.2, 0) is 0 Å². The van der Waals surface area contributed by atoms with Crippen LogP contribution in [0.3, 0.4) is 0 Å². The number of halogens is 1. The van der Waals surface area contributed by atoms with Crippen molar-refractivity contribution in [2.45, 2.75) is 52.5 Å². The van der Waals surface area contributed by atoms with Crippen molar-refractivity contribution < 1.29 is 23.4 Å². The fourth-order valence-electron chi connectivity index (χ4n) is 5.99. The first kappa shape index (κ1) is 33.7. The highest BCUT2D eigenvalue weighted by Gasteiger charge is 2.26. The molecule has 1 amide bonds. The number of anilines is 2. The minimum absolute atomic E-state index is 0.114. The molecule has 1 N–H and O–H groups in total. The van der Waals surface area contributed by atoms with Crippen LogP contribution in [0.4, 0.5) is 20.7 Å². The van der Waals surface area contributed by atoms with E-state index in [0.717, 1.165) is 48.3 Å². The number of ether oxygens (including phenoxy) is 3. The maximum absolute atomic E-state index is 15.3. The molecule has 0 spiro atoms. The van der Waals surface area contributed by atoms with Gasteiger partial charge in [-0.05, 0) is 100 Å². The number of piperidine rings is 1. The Hall–Kier alpha value is -4.70. The van der Waals surface area contributed by atoms with Crippen molar-refractivity contribution in [3.05, 3.63) is 101 Å². The number of amides is 1. The Morgan fingerprint density at radius 2 is 1.74 bits per heavy atom. The van der Waals surface area contributed by atoms with Gasteiger partial charge in [-0.2, -0.15) is 0 Å². The minimum atomic E-state index is -0.599. The molecule has 0 aliphatic carbocycles. The normalized spacial score (nSPS) is 13.9. The van der Waals surface area contributed by atoms with E-state index in [1.54, 1.807) is 31.5 Å². The average Bonchev–Trinajstić information content (AvgIpc) is 3.08. The number of rotatable bonds is 13. The number of carbonyl (C=O) groups is 1. The maximum atomic E-state index is 15.3. The Labute approximate surface area is 276 Å². The lowest BCUT2D eigenvalue weighted by molar-refractivity contribution is 0.203. The third-order valence-corrected chi connectivity index (χ3v) is 8.34. The summed E-state index contributed by atoms with van der Waals surface area (Å²) in [7, 11) is 1.60. The van der Waals surface area contributed by atoms with Crippen LogP contribution >= 0.6 is 0 Å². The quantitative estimate of drug-likeness (QED) is 0.149. The molecule has 0 saturated carbocycles. The molecule has 0 radical (unpaired) electrons. The molecule has 5 rings (SSSR count). The molecule has 47 heavy (non-hydrogen) atoms. The molecule has 10 heteroatoms. The first-order chi connectivity index (χ1) is 22.8. The van der Waals surface area contributed by atoms with E-state index in [-0.39, 0.29) is 12.3 Å². The predicted molar refractivity (Wildman–Crippen MR) is 182 cm³/mol. The van der Waals surface area contributed by atoms with E-state index in [1.165, 1.54) is 36.6 Å². The lowest BCUT2D eigenvalue weighted by Crippen LogP contribution is -2.39. The molecular weight excluding hydrogens is 597 g/mol. The fourth-order valence-corrected chi connectivity index (χ4v) is 5.99. The summed E-state index contributed by atoms with van der Waals surface area (Å²) in [6.45, 7) is 9.60. The zero-order chi connectivity index (χ0) is 33.2. The van der Waals surface area contributed by atoms with Gasteiger partial charge in [0.1, 0.15) is 23.6 Å². The molecular formula is C37H44FN5O4. The smallest absolute Gasteiger partial charge is 0.421 e. The Morgan fingerprint density at radius 3 is 2.40 bits per heavy atom. The molecule has 1 atom stereocenters. The number of hydrogen-bond donors (Lipinski definition) is 1. The highest BCUT2D eigenvalue weighted by atomic mass is 19.1. The average molecular weight is 642 g/mol. The largest absolute Gasteiger partial charge is 0.497 e. The molecule has 2 heterocycles. The highest BCUT2D eigenvalue weighted by Crippen LogP contribution is 2.30. The SMILES string of the molecule is COc1ccc(C(CN(C(=O)Oc2c(C)cc(C)cc2C)c2ccncn2)Nc2ccc(OCCCN3CCCCC3)c(F)c2)cc1. The fraction of sp³-hybridized carbons (Fsp3) is 0.378. The van der Waals surface area contributed by atoms with E-state index in [1.807, 2.05) is 57.2 Å². The van der Waals surface area contributed by atoms with E-state index in [4.69, 9.17) is 14.2 Å². The van der Waals surface area contributed by atoms with Crippen molar-refractivity contribution in [3.63, 3.8) is 0 Å². The monoisotopic (exact) mass is 641 g/mol. The zero-order valence-electron chi connectivity index (χ0n) is 27.7. The number of carbonyl (C=O) groups excluding carboxylic acids is 1. The number of aryl methyl sites for hydroxylation is 3. The molecule has 1 unspecified atom stereocenters. The van der Waals surface area contributed by atoms with Crippen molar-refractivity contribution in [2.24, 2.45) is 0 Å². The first-order valence-corrected chi connectivity index (χ1v) is 16.2. The Balaban J connectivity index is 1.35. The van der Waals surface area contributed by atoms with Gasteiger partial charge in [-0.25, -0.2) is 19.2 Å². The van der Waals surface area contributed by atoms with Gasteiger partial charge in [0, 0.05) is 24.5 Å². The molecule has 9 nitrogen and oxygen atoms in total. The lowest BCUT2D eigenvalue weighted by Gasteiger charge is -2.28. The molecule has 1 aliphatic rings. The summed E-state index contributed by atoms with van der Waals surface area (Å²) in [4.78, 5) is 26.1. The van der Waals surface area contributed by atoms with Crippen LogP contribution in [0.25, 0.3) is 0 Å². The number of methoxy groups -OCH3 is 1. The van der Waals surface area contributed by atoms with Crippen molar-refractivity contribution in [3.8, 4) is 17.2 Å². The third kappa shape index (κ3) is 9.19. The molecule has 1 saturated heterocycles. The van der Waals surface area contributed by atoms with Gasteiger partial charge in [0.05, 0.1) is 26.3 Å². The molecule has 1 aliphatic heterocycles. The second-order valence-electron chi connectivity index (χ2n) is 12.0. The highest BCUT2D eigenvalue weighted by molar-refractivity contribution is 5.88. The second-order valence-corrected chi connectivity index (χ2v) is 12.0. The van der Waals surface area contributed by atoms with E-state index in [2.05, 4.69) is 20.2 Å². The Morgan fingerprint density at radius 1 is 1.00 bits per heavy atom. The van der Waals surface area contributed by atoms with Crippen LogP contribution in [0.2, 0.25) is 0 Å². The summed E-state index contributed by atoms with van der Waals surface area (Å²) in [6.07, 6.45) is 6.98. The number of nitrogens with zero attached hydrogens (tertiary/aromatic N) is 4. The van der Waals surface area contributed by atoms with Gasteiger partial charge in [0.15, 0.2) is 11.6 Å². The standard InChI is InChI=1S/C37H44FN5O4/c1-26-21-27(2)36(28(3)22-26)47-37(44)43(35-15-16-39-25-40-35)24-33(29-9-12-31(45-4)13-10-29)41-30-11-14-34(32(38)23-30)46-20-8-19-42-17-6-5-7-18-42/h9-16,21-23,25,33,41H,5-8,17-20,24H2,1-4H3. The summed E-state index contributed by atoms with van der Waals surface area (Å²) in [5.41, 5.74) is 4.17. The van der Waals surface area contributed by atoms with Gasteiger partial charge in [-0.1, -0.05) is 36.2 Å². The number of benzene rings is 3. The maximum Gasteiger partial charge on any atom is 0.421 e. The molecule has 1 aromatic heterocycles.